The van der Waals surface area contributed by atoms with Crippen LogP contribution in [-0.4, -0.2) is 85.3 Å². The minimum Gasteiger partial charge on any atom is -0.465 e. The molecule has 1 aliphatic heterocycles. The van der Waals surface area contributed by atoms with E-state index in [-0.39, 0.29) is 29.9 Å². The van der Waals surface area contributed by atoms with Gasteiger partial charge in [-0.15, -0.1) is 23.7 Å². The molecule has 184 valence electrons. The number of nitrogens with zero attached hydrogens (tertiary/aromatic N) is 7. The van der Waals surface area contributed by atoms with E-state index in [1.165, 1.54) is 4.90 Å². The van der Waals surface area contributed by atoms with Crippen molar-refractivity contribution < 1.29 is 14.7 Å². The lowest BCUT2D eigenvalue weighted by Gasteiger charge is -2.36. The summed E-state index contributed by atoms with van der Waals surface area (Å²) in [5, 5.41) is 15.5. The lowest BCUT2D eigenvalue weighted by molar-refractivity contribution is 0.0638. The quantitative estimate of drug-likeness (QED) is 0.573. The van der Waals surface area contributed by atoms with Crippen molar-refractivity contribution in [3.05, 3.63) is 29.5 Å². The summed E-state index contributed by atoms with van der Waals surface area (Å²) in [5.74, 6) is 0.949. The Morgan fingerprint density at radius 2 is 1.85 bits per heavy atom. The van der Waals surface area contributed by atoms with E-state index >= 15 is 0 Å². The largest absolute Gasteiger partial charge is 0.465 e. The molecule has 34 heavy (non-hydrogen) atoms. The van der Waals surface area contributed by atoms with Gasteiger partial charge in [0, 0.05) is 56.4 Å². The van der Waals surface area contributed by atoms with Crippen LogP contribution in [0.4, 0.5) is 10.6 Å². The van der Waals surface area contributed by atoms with Gasteiger partial charge in [0.1, 0.15) is 16.3 Å². The van der Waals surface area contributed by atoms with E-state index in [0.717, 1.165) is 10.4 Å². The fourth-order valence-corrected chi connectivity index (χ4v) is 4.63. The SMILES string of the molecule is CN(C(=O)O)C1CCN(C(=O)c2cc(N(C)C(C)(C)C)nc(-c3cnn4ccsc34)n2)CC1.Cl. The fraction of sp³-hybridized carbons (Fsp3) is 0.500. The molecule has 0 atom stereocenters. The number of rotatable bonds is 4. The number of piperidine rings is 1. The molecule has 3 aromatic rings. The predicted octanol–water partition coefficient (Wildman–Crippen LogP) is 3.72. The van der Waals surface area contributed by atoms with Crippen LogP contribution in [0.15, 0.2) is 23.8 Å². The molecule has 0 unspecified atom stereocenters. The van der Waals surface area contributed by atoms with Crippen molar-refractivity contribution in [2.45, 2.75) is 45.2 Å². The van der Waals surface area contributed by atoms with Crippen molar-refractivity contribution >= 4 is 46.4 Å². The zero-order chi connectivity index (χ0) is 23.9. The number of carboxylic acid groups (broad SMARTS) is 1. The standard InChI is InChI=1S/C22H29N7O3S.ClH/c1-22(2,3)27(5)17-12-16(19(30)28-8-6-14(7-9-28)26(4)21(31)32)24-18(25-17)15-13-23-29-10-11-33-20(15)29;/h10-14H,6-9H2,1-5H3,(H,31,32);1H. The van der Waals surface area contributed by atoms with Gasteiger partial charge in [0.25, 0.3) is 5.91 Å². The summed E-state index contributed by atoms with van der Waals surface area (Å²) in [6.45, 7) is 7.20. The first kappa shape index (κ1) is 25.7. The highest BCUT2D eigenvalue weighted by Gasteiger charge is 2.30. The van der Waals surface area contributed by atoms with Crippen molar-refractivity contribution in [3.8, 4) is 11.4 Å². The maximum absolute atomic E-state index is 13.4. The number of hydrogen-bond acceptors (Lipinski definition) is 7. The Morgan fingerprint density at radius 1 is 1.18 bits per heavy atom. The van der Waals surface area contributed by atoms with Crippen molar-refractivity contribution in [1.29, 1.82) is 0 Å². The molecule has 0 aromatic carbocycles. The summed E-state index contributed by atoms with van der Waals surface area (Å²) in [4.78, 5) is 40.1. The van der Waals surface area contributed by atoms with Crippen LogP contribution in [0.2, 0.25) is 0 Å². The Bertz CT molecular complexity index is 1180. The summed E-state index contributed by atoms with van der Waals surface area (Å²) in [6.07, 6.45) is 3.85. The number of carbonyl (C=O) groups excluding carboxylic acids is 1. The Hall–Kier alpha value is -2.92. The molecular formula is C22H30ClN7O3S. The first-order valence-corrected chi connectivity index (χ1v) is 11.7. The van der Waals surface area contributed by atoms with Crippen molar-refractivity contribution in [2.24, 2.45) is 0 Å². The van der Waals surface area contributed by atoms with Gasteiger partial charge in [0.2, 0.25) is 0 Å². The Morgan fingerprint density at radius 3 is 2.47 bits per heavy atom. The summed E-state index contributed by atoms with van der Waals surface area (Å²) in [7, 11) is 3.53. The minimum atomic E-state index is -0.948. The molecule has 4 heterocycles. The first-order valence-electron chi connectivity index (χ1n) is 10.9. The van der Waals surface area contributed by atoms with E-state index in [2.05, 4.69) is 30.9 Å². The minimum absolute atomic E-state index is 0. The van der Waals surface area contributed by atoms with Gasteiger partial charge in [-0.2, -0.15) is 5.10 Å². The number of likely N-dealkylation sites (tertiary alicyclic amines) is 1. The van der Waals surface area contributed by atoms with E-state index in [1.807, 2.05) is 23.5 Å². The van der Waals surface area contributed by atoms with Crippen LogP contribution in [0.1, 0.15) is 44.1 Å². The van der Waals surface area contributed by atoms with Gasteiger partial charge in [0.05, 0.1) is 11.8 Å². The van der Waals surface area contributed by atoms with Crippen LogP contribution in [0.5, 0.6) is 0 Å². The van der Waals surface area contributed by atoms with Gasteiger partial charge >= 0.3 is 6.09 Å². The van der Waals surface area contributed by atoms with Crippen LogP contribution in [0, 0.1) is 0 Å². The molecular weight excluding hydrogens is 478 g/mol. The molecule has 1 saturated heterocycles. The van der Waals surface area contributed by atoms with Crippen molar-refractivity contribution in [1.82, 2.24) is 29.4 Å². The monoisotopic (exact) mass is 507 g/mol. The van der Waals surface area contributed by atoms with E-state index < -0.39 is 6.09 Å². The molecule has 4 rings (SSSR count). The van der Waals surface area contributed by atoms with Crippen LogP contribution in [-0.2, 0) is 0 Å². The highest BCUT2D eigenvalue weighted by Crippen LogP contribution is 2.29. The second-order valence-electron chi connectivity index (χ2n) is 9.29. The Balaban J connectivity index is 0.00000324. The molecule has 0 saturated carbocycles. The third-order valence-corrected chi connectivity index (χ3v) is 7.14. The molecule has 12 heteroatoms. The normalized spacial score (nSPS) is 14.7. The van der Waals surface area contributed by atoms with Gasteiger partial charge in [-0.3, -0.25) is 4.79 Å². The van der Waals surface area contributed by atoms with E-state index in [1.54, 1.807) is 40.1 Å². The first-order chi connectivity index (χ1) is 15.6. The zero-order valence-corrected chi connectivity index (χ0v) is 21.6. The molecule has 0 spiro atoms. The molecule has 0 bridgehead atoms. The maximum atomic E-state index is 13.4. The lowest BCUT2D eigenvalue weighted by Crippen LogP contribution is -2.47. The smallest absolute Gasteiger partial charge is 0.407 e. The molecule has 1 fully saturated rings. The van der Waals surface area contributed by atoms with E-state index in [9.17, 15) is 14.7 Å². The van der Waals surface area contributed by atoms with E-state index in [4.69, 9.17) is 4.98 Å². The van der Waals surface area contributed by atoms with Gasteiger partial charge in [0.15, 0.2) is 5.82 Å². The molecule has 1 aliphatic rings. The number of aromatic nitrogens is 4. The molecule has 0 aliphatic carbocycles. The molecule has 2 amide bonds. The predicted molar refractivity (Wildman–Crippen MR) is 134 cm³/mol. The van der Waals surface area contributed by atoms with Crippen LogP contribution >= 0.6 is 23.7 Å². The second kappa shape index (κ2) is 9.75. The number of fused-ring (bicyclic) bond motifs is 1. The third-order valence-electron chi connectivity index (χ3n) is 6.26. The van der Waals surface area contributed by atoms with Crippen LogP contribution in [0.25, 0.3) is 16.2 Å². The Labute approximate surface area is 208 Å². The number of hydrogen-bond donors (Lipinski definition) is 1. The number of halogens is 1. The van der Waals surface area contributed by atoms with Crippen LogP contribution in [0.3, 0.4) is 0 Å². The fourth-order valence-electron chi connectivity index (χ4n) is 3.83. The average Bonchev–Trinajstić information content (AvgIpc) is 3.40. The molecule has 0 radical (unpaired) electrons. The number of amides is 2. The topological polar surface area (TPSA) is 107 Å². The van der Waals surface area contributed by atoms with Gasteiger partial charge < -0.3 is 19.8 Å². The van der Waals surface area contributed by atoms with Crippen molar-refractivity contribution in [2.75, 3.05) is 32.1 Å². The zero-order valence-electron chi connectivity index (χ0n) is 19.9. The number of carbonyl (C=O) groups is 2. The average molecular weight is 508 g/mol. The number of anilines is 1. The summed E-state index contributed by atoms with van der Waals surface area (Å²) in [5.41, 5.74) is 0.903. The van der Waals surface area contributed by atoms with Crippen LogP contribution < -0.4 is 4.90 Å². The second-order valence-corrected chi connectivity index (χ2v) is 10.2. The Kier molecular flexibility index (Phi) is 7.37. The third kappa shape index (κ3) is 4.95. The summed E-state index contributed by atoms with van der Waals surface area (Å²) in [6, 6.07) is 1.65. The van der Waals surface area contributed by atoms with E-state index in [0.29, 0.717) is 43.3 Å². The van der Waals surface area contributed by atoms with Gasteiger partial charge in [-0.05, 0) is 33.6 Å². The summed E-state index contributed by atoms with van der Waals surface area (Å²) >= 11 is 1.54. The van der Waals surface area contributed by atoms with Gasteiger partial charge in [-0.1, -0.05) is 0 Å². The molecule has 10 nitrogen and oxygen atoms in total. The highest BCUT2D eigenvalue weighted by atomic mass is 35.5. The maximum Gasteiger partial charge on any atom is 0.407 e. The van der Waals surface area contributed by atoms with Gasteiger partial charge in [-0.25, -0.2) is 19.3 Å². The lowest BCUT2D eigenvalue weighted by atomic mass is 10.0. The molecule has 3 aromatic heterocycles. The molecule has 1 N–H and O–H groups in total. The summed E-state index contributed by atoms with van der Waals surface area (Å²) < 4.78 is 1.77. The van der Waals surface area contributed by atoms with Crippen molar-refractivity contribution in [3.63, 3.8) is 0 Å². The number of thiazole rings is 1. The highest BCUT2D eigenvalue weighted by molar-refractivity contribution is 7.16.